The molecule has 0 heterocycles. The van der Waals surface area contributed by atoms with Gasteiger partial charge in [-0.2, -0.15) is 0 Å². The van der Waals surface area contributed by atoms with Crippen LogP contribution in [0.15, 0.2) is 36.5 Å². The predicted molar refractivity (Wildman–Crippen MR) is 66.9 cm³/mol. The van der Waals surface area contributed by atoms with Crippen LogP contribution in [0.3, 0.4) is 0 Å². The number of carbonyl (C=O) groups excluding carboxylic acids is 1. The fourth-order valence-electron chi connectivity index (χ4n) is 1.25. The van der Waals surface area contributed by atoms with Crippen LogP contribution >= 0.6 is 0 Å². The van der Waals surface area contributed by atoms with Gasteiger partial charge >= 0.3 is 0 Å². The van der Waals surface area contributed by atoms with E-state index in [9.17, 15) is 4.79 Å². The standard InChI is InChI=1S/C14H18O2/c1-4-6-9-13(10-7-11-16-3)14(12-15)8-5-2/h1,5,7,9-10,12,14H,2,6,8,11H2,3H3/b10-7-,13-9+. The highest BCUT2D eigenvalue weighted by Crippen LogP contribution is 2.15. The van der Waals surface area contributed by atoms with Crippen LogP contribution in [0.4, 0.5) is 0 Å². The summed E-state index contributed by atoms with van der Waals surface area (Å²) in [4.78, 5) is 10.9. The van der Waals surface area contributed by atoms with Crippen molar-refractivity contribution in [3.05, 3.63) is 36.5 Å². The fourth-order valence-corrected chi connectivity index (χ4v) is 1.25. The maximum absolute atomic E-state index is 10.9. The fraction of sp³-hybridized carbons (Fsp3) is 0.357. The quantitative estimate of drug-likeness (QED) is 0.271. The van der Waals surface area contributed by atoms with Crippen molar-refractivity contribution < 1.29 is 9.53 Å². The summed E-state index contributed by atoms with van der Waals surface area (Å²) >= 11 is 0. The maximum Gasteiger partial charge on any atom is 0.127 e. The third-order valence-corrected chi connectivity index (χ3v) is 2.04. The molecule has 0 spiro atoms. The number of allylic oxidation sites excluding steroid dienone is 4. The Morgan fingerprint density at radius 3 is 2.88 bits per heavy atom. The zero-order valence-corrected chi connectivity index (χ0v) is 9.69. The van der Waals surface area contributed by atoms with E-state index in [2.05, 4.69) is 12.5 Å². The molecule has 0 saturated heterocycles. The smallest absolute Gasteiger partial charge is 0.127 e. The molecule has 2 heteroatoms. The summed E-state index contributed by atoms with van der Waals surface area (Å²) in [7, 11) is 1.62. The van der Waals surface area contributed by atoms with Crippen molar-refractivity contribution in [2.24, 2.45) is 5.92 Å². The van der Waals surface area contributed by atoms with Crippen LogP contribution in [0, 0.1) is 18.3 Å². The molecule has 0 rings (SSSR count). The first-order valence-corrected chi connectivity index (χ1v) is 5.15. The molecule has 16 heavy (non-hydrogen) atoms. The van der Waals surface area contributed by atoms with E-state index in [1.807, 2.05) is 18.2 Å². The summed E-state index contributed by atoms with van der Waals surface area (Å²) in [6.45, 7) is 4.15. The molecular weight excluding hydrogens is 200 g/mol. The summed E-state index contributed by atoms with van der Waals surface area (Å²) in [5.41, 5.74) is 0.921. The summed E-state index contributed by atoms with van der Waals surface area (Å²) < 4.78 is 4.91. The summed E-state index contributed by atoms with van der Waals surface area (Å²) in [5, 5.41) is 0. The van der Waals surface area contributed by atoms with Crippen LogP contribution < -0.4 is 0 Å². The van der Waals surface area contributed by atoms with Gasteiger partial charge in [-0.05, 0) is 12.0 Å². The lowest BCUT2D eigenvalue weighted by atomic mass is 9.95. The highest BCUT2D eigenvalue weighted by molar-refractivity contribution is 5.61. The summed E-state index contributed by atoms with van der Waals surface area (Å²) in [6.07, 6.45) is 14.6. The summed E-state index contributed by atoms with van der Waals surface area (Å²) in [5.74, 6) is 2.36. The van der Waals surface area contributed by atoms with Gasteiger partial charge in [0.2, 0.25) is 0 Å². The van der Waals surface area contributed by atoms with E-state index < -0.39 is 0 Å². The minimum Gasteiger partial charge on any atom is -0.381 e. The maximum atomic E-state index is 10.9. The molecule has 0 amide bonds. The van der Waals surface area contributed by atoms with E-state index in [-0.39, 0.29) is 5.92 Å². The van der Waals surface area contributed by atoms with Gasteiger partial charge in [0.1, 0.15) is 6.29 Å². The van der Waals surface area contributed by atoms with Crippen LogP contribution in [0.25, 0.3) is 0 Å². The first kappa shape index (κ1) is 14.4. The molecule has 1 unspecified atom stereocenters. The largest absolute Gasteiger partial charge is 0.381 e. The highest BCUT2D eigenvalue weighted by Gasteiger charge is 2.08. The first-order chi connectivity index (χ1) is 7.79. The minimum atomic E-state index is -0.168. The Morgan fingerprint density at radius 1 is 1.62 bits per heavy atom. The molecule has 0 aromatic heterocycles. The van der Waals surface area contributed by atoms with Crippen molar-refractivity contribution in [3.63, 3.8) is 0 Å². The number of hydrogen-bond donors (Lipinski definition) is 0. The zero-order chi connectivity index (χ0) is 12.2. The lowest BCUT2D eigenvalue weighted by Gasteiger charge is -2.08. The molecule has 0 aromatic rings. The average Bonchev–Trinajstić information content (AvgIpc) is 2.31. The van der Waals surface area contributed by atoms with Crippen LogP contribution in [0.2, 0.25) is 0 Å². The number of methoxy groups -OCH3 is 1. The molecule has 0 aliphatic rings. The van der Waals surface area contributed by atoms with Gasteiger partial charge in [-0.3, -0.25) is 0 Å². The Hall–Kier alpha value is -1.59. The molecular formula is C14H18O2. The lowest BCUT2D eigenvalue weighted by molar-refractivity contribution is -0.110. The van der Waals surface area contributed by atoms with Crippen LogP contribution in [-0.4, -0.2) is 20.0 Å². The molecule has 2 nitrogen and oxygen atoms in total. The molecule has 0 aromatic carbocycles. The number of carbonyl (C=O) groups is 1. The second-order valence-electron chi connectivity index (χ2n) is 3.24. The van der Waals surface area contributed by atoms with Gasteiger partial charge < -0.3 is 9.53 Å². The van der Waals surface area contributed by atoms with Crippen LogP contribution in [-0.2, 0) is 9.53 Å². The van der Waals surface area contributed by atoms with Gasteiger partial charge in [-0.25, -0.2) is 0 Å². The molecule has 0 N–H and O–H groups in total. The predicted octanol–water partition coefficient (Wildman–Crippen LogP) is 2.53. The van der Waals surface area contributed by atoms with Crippen molar-refractivity contribution in [3.8, 4) is 12.3 Å². The monoisotopic (exact) mass is 218 g/mol. The highest BCUT2D eigenvalue weighted by atomic mass is 16.5. The molecule has 1 atom stereocenters. The molecule has 0 bridgehead atoms. The van der Waals surface area contributed by atoms with E-state index in [0.29, 0.717) is 19.4 Å². The van der Waals surface area contributed by atoms with Gasteiger partial charge in [-0.1, -0.05) is 24.3 Å². The van der Waals surface area contributed by atoms with E-state index in [0.717, 1.165) is 11.9 Å². The van der Waals surface area contributed by atoms with Gasteiger partial charge in [0, 0.05) is 19.4 Å². The van der Waals surface area contributed by atoms with Crippen molar-refractivity contribution in [1.29, 1.82) is 0 Å². The van der Waals surface area contributed by atoms with E-state index >= 15 is 0 Å². The number of hydrogen-bond acceptors (Lipinski definition) is 2. The Bertz CT molecular complexity index is 305. The van der Waals surface area contributed by atoms with Crippen LogP contribution in [0.5, 0.6) is 0 Å². The number of rotatable bonds is 8. The van der Waals surface area contributed by atoms with E-state index in [1.54, 1.807) is 13.2 Å². The van der Waals surface area contributed by atoms with Crippen LogP contribution in [0.1, 0.15) is 12.8 Å². The Kier molecular flexibility index (Phi) is 8.96. The second-order valence-corrected chi connectivity index (χ2v) is 3.24. The van der Waals surface area contributed by atoms with Crippen molar-refractivity contribution >= 4 is 6.29 Å². The molecule has 0 fully saturated rings. The Balaban J connectivity index is 4.69. The number of terminal acetylenes is 1. The van der Waals surface area contributed by atoms with Crippen molar-refractivity contribution in [2.45, 2.75) is 12.8 Å². The number of aldehydes is 1. The lowest BCUT2D eigenvalue weighted by Crippen LogP contribution is -2.03. The van der Waals surface area contributed by atoms with Gasteiger partial charge in [0.05, 0.1) is 6.61 Å². The molecule has 0 saturated carbocycles. The van der Waals surface area contributed by atoms with E-state index in [4.69, 9.17) is 11.2 Å². The molecule has 86 valence electrons. The Labute approximate surface area is 97.7 Å². The second kappa shape index (κ2) is 9.95. The zero-order valence-electron chi connectivity index (χ0n) is 9.69. The van der Waals surface area contributed by atoms with Gasteiger partial charge in [-0.15, -0.1) is 18.9 Å². The molecule has 0 aliphatic carbocycles. The first-order valence-electron chi connectivity index (χ1n) is 5.15. The summed E-state index contributed by atoms with van der Waals surface area (Å²) in [6, 6.07) is 0. The number of ether oxygens (including phenoxy) is 1. The minimum absolute atomic E-state index is 0.168. The normalized spacial score (nSPS) is 13.4. The average molecular weight is 218 g/mol. The van der Waals surface area contributed by atoms with E-state index in [1.165, 1.54) is 0 Å². The molecule has 0 radical (unpaired) electrons. The SMILES string of the molecule is C#CC/C=C(\C=C/COC)C(C=O)CC=C. The van der Waals surface area contributed by atoms with Gasteiger partial charge in [0.25, 0.3) is 0 Å². The Morgan fingerprint density at radius 2 is 2.38 bits per heavy atom. The topological polar surface area (TPSA) is 26.3 Å². The molecule has 0 aliphatic heterocycles. The van der Waals surface area contributed by atoms with Crippen molar-refractivity contribution in [2.75, 3.05) is 13.7 Å². The van der Waals surface area contributed by atoms with Gasteiger partial charge in [0.15, 0.2) is 0 Å². The third kappa shape index (κ3) is 6.00. The third-order valence-electron chi connectivity index (χ3n) is 2.04. The van der Waals surface area contributed by atoms with Crippen molar-refractivity contribution in [1.82, 2.24) is 0 Å².